The molecule has 0 aliphatic heterocycles. The second-order valence-electron chi connectivity index (χ2n) is 5.67. The maximum Gasteiger partial charge on any atom is 0.0479 e. The van der Waals surface area contributed by atoms with Crippen molar-refractivity contribution in [1.82, 2.24) is 4.90 Å². The van der Waals surface area contributed by atoms with Crippen LogP contribution in [0.4, 0.5) is 5.69 Å². The van der Waals surface area contributed by atoms with Crippen molar-refractivity contribution in [3.05, 3.63) is 51.7 Å². The molecular weight excluding hydrogens is 264 g/mol. The van der Waals surface area contributed by atoms with E-state index in [1.165, 1.54) is 21.7 Å². The maximum absolute atomic E-state index is 2.32. The zero-order valence-electron chi connectivity index (χ0n) is 13.1. The Labute approximate surface area is 126 Å². The monoisotopic (exact) mass is 288 g/mol. The first-order chi connectivity index (χ1) is 9.50. The maximum atomic E-state index is 2.32. The molecular formula is C17H24N2S. The lowest BCUT2D eigenvalue weighted by atomic mass is 10.00. The number of likely N-dealkylation sites (N-methyl/N-ethyl adjacent to an activating group) is 1. The number of para-hydroxylation sites is 1. The summed E-state index contributed by atoms with van der Waals surface area (Å²) in [4.78, 5) is 6.00. The van der Waals surface area contributed by atoms with Gasteiger partial charge >= 0.3 is 0 Å². The van der Waals surface area contributed by atoms with Crippen molar-refractivity contribution in [3.63, 3.8) is 0 Å². The minimum Gasteiger partial charge on any atom is -0.377 e. The van der Waals surface area contributed by atoms with Gasteiger partial charge in [0.15, 0.2) is 0 Å². The third kappa shape index (κ3) is 3.22. The third-order valence-electron chi connectivity index (χ3n) is 3.71. The highest BCUT2D eigenvalue weighted by Gasteiger charge is 2.19. The SMILES string of the molecule is Cc1ccsc1[C@H](Cc1ccccc1N(C)C)N(C)C. The molecule has 2 aromatic rings. The fourth-order valence-corrected chi connectivity index (χ4v) is 3.69. The van der Waals surface area contributed by atoms with Gasteiger partial charge in [0.2, 0.25) is 0 Å². The Kier molecular flexibility index (Phi) is 4.84. The van der Waals surface area contributed by atoms with E-state index in [-0.39, 0.29) is 0 Å². The Morgan fingerprint density at radius 2 is 1.75 bits per heavy atom. The van der Waals surface area contributed by atoms with Gasteiger partial charge in [0.1, 0.15) is 0 Å². The molecule has 2 rings (SSSR count). The highest BCUT2D eigenvalue weighted by atomic mass is 32.1. The molecule has 1 aromatic carbocycles. The molecule has 0 radical (unpaired) electrons. The van der Waals surface area contributed by atoms with Crippen LogP contribution >= 0.6 is 11.3 Å². The van der Waals surface area contributed by atoms with Gasteiger partial charge in [-0.1, -0.05) is 18.2 Å². The van der Waals surface area contributed by atoms with Crippen molar-refractivity contribution in [2.75, 3.05) is 33.1 Å². The van der Waals surface area contributed by atoms with E-state index in [1.807, 2.05) is 11.3 Å². The number of aryl methyl sites for hydroxylation is 1. The average molecular weight is 288 g/mol. The van der Waals surface area contributed by atoms with Crippen LogP contribution in [0.25, 0.3) is 0 Å². The van der Waals surface area contributed by atoms with Crippen LogP contribution in [0, 0.1) is 6.92 Å². The minimum atomic E-state index is 0.441. The number of rotatable bonds is 5. The van der Waals surface area contributed by atoms with E-state index in [0.29, 0.717) is 6.04 Å². The summed E-state index contributed by atoms with van der Waals surface area (Å²) in [7, 11) is 8.56. The lowest BCUT2D eigenvalue weighted by Gasteiger charge is -2.26. The molecule has 108 valence electrons. The van der Waals surface area contributed by atoms with Gasteiger partial charge < -0.3 is 9.80 Å². The summed E-state index contributed by atoms with van der Waals surface area (Å²) < 4.78 is 0. The van der Waals surface area contributed by atoms with Crippen molar-refractivity contribution < 1.29 is 0 Å². The van der Waals surface area contributed by atoms with Crippen molar-refractivity contribution >= 4 is 17.0 Å². The van der Waals surface area contributed by atoms with E-state index >= 15 is 0 Å². The van der Waals surface area contributed by atoms with Crippen LogP contribution < -0.4 is 4.90 Å². The van der Waals surface area contributed by atoms with Crippen LogP contribution in [-0.4, -0.2) is 33.1 Å². The summed E-state index contributed by atoms with van der Waals surface area (Å²) in [5.41, 5.74) is 4.12. The van der Waals surface area contributed by atoms with Crippen LogP contribution in [0.5, 0.6) is 0 Å². The molecule has 0 spiro atoms. The van der Waals surface area contributed by atoms with Gasteiger partial charge in [-0.2, -0.15) is 0 Å². The zero-order chi connectivity index (χ0) is 14.7. The van der Waals surface area contributed by atoms with Crippen molar-refractivity contribution in [2.45, 2.75) is 19.4 Å². The number of benzene rings is 1. The van der Waals surface area contributed by atoms with E-state index in [0.717, 1.165) is 6.42 Å². The van der Waals surface area contributed by atoms with Gasteiger partial charge in [-0.15, -0.1) is 11.3 Å². The molecule has 2 nitrogen and oxygen atoms in total. The first kappa shape index (κ1) is 15.1. The summed E-state index contributed by atoms with van der Waals surface area (Å²) >= 11 is 1.86. The lowest BCUT2D eigenvalue weighted by molar-refractivity contribution is 0.301. The second kappa shape index (κ2) is 6.42. The zero-order valence-corrected chi connectivity index (χ0v) is 13.9. The second-order valence-corrected chi connectivity index (χ2v) is 6.62. The van der Waals surface area contributed by atoms with E-state index in [4.69, 9.17) is 0 Å². The molecule has 0 saturated heterocycles. The van der Waals surface area contributed by atoms with E-state index < -0.39 is 0 Å². The highest BCUT2D eigenvalue weighted by molar-refractivity contribution is 7.10. The topological polar surface area (TPSA) is 6.48 Å². The molecule has 20 heavy (non-hydrogen) atoms. The van der Waals surface area contributed by atoms with Crippen LogP contribution in [-0.2, 0) is 6.42 Å². The Balaban J connectivity index is 2.33. The molecule has 0 fully saturated rings. The number of thiophene rings is 1. The van der Waals surface area contributed by atoms with Crippen molar-refractivity contribution in [1.29, 1.82) is 0 Å². The quantitative estimate of drug-likeness (QED) is 0.821. The predicted molar refractivity (Wildman–Crippen MR) is 90.0 cm³/mol. The molecule has 0 amide bonds. The van der Waals surface area contributed by atoms with Gasteiger partial charge in [0, 0.05) is 30.7 Å². The van der Waals surface area contributed by atoms with E-state index in [9.17, 15) is 0 Å². The first-order valence-corrected chi connectivity index (χ1v) is 7.84. The molecule has 0 aliphatic carbocycles. The fraction of sp³-hybridized carbons (Fsp3) is 0.412. The molecule has 0 bridgehead atoms. The number of nitrogens with zero attached hydrogens (tertiary/aromatic N) is 2. The van der Waals surface area contributed by atoms with E-state index in [2.05, 4.69) is 80.6 Å². The van der Waals surface area contributed by atoms with Crippen LogP contribution in [0.1, 0.15) is 22.0 Å². The Morgan fingerprint density at radius 1 is 1.05 bits per heavy atom. The molecule has 0 aliphatic rings. The Bertz CT molecular complexity index is 558. The molecule has 3 heteroatoms. The van der Waals surface area contributed by atoms with Gasteiger partial charge in [0.05, 0.1) is 0 Å². The number of anilines is 1. The summed E-state index contributed by atoms with van der Waals surface area (Å²) in [5.74, 6) is 0. The fourth-order valence-electron chi connectivity index (χ4n) is 2.56. The third-order valence-corrected chi connectivity index (χ3v) is 4.83. The number of hydrogen-bond donors (Lipinski definition) is 0. The number of hydrogen-bond acceptors (Lipinski definition) is 3. The minimum absolute atomic E-state index is 0.441. The van der Waals surface area contributed by atoms with Gasteiger partial charge in [-0.3, -0.25) is 0 Å². The van der Waals surface area contributed by atoms with Crippen LogP contribution in [0.3, 0.4) is 0 Å². The summed E-state index contributed by atoms with van der Waals surface area (Å²) in [6.07, 6.45) is 1.04. The van der Waals surface area contributed by atoms with E-state index in [1.54, 1.807) is 0 Å². The Hall–Kier alpha value is -1.32. The predicted octanol–water partition coefficient (Wildman–Crippen LogP) is 3.97. The van der Waals surface area contributed by atoms with Crippen LogP contribution in [0.15, 0.2) is 35.7 Å². The van der Waals surface area contributed by atoms with Gasteiger partial charge in [-0.25, -0.2) is 0 Å². The standard InChI is InChI=1S/C17H24N2S/c1-13-10-11-20-17(13)16(19(4)5)12-14-8-6-7-9-15(14)18(2)3/h6-11,16H,12H2,1-5H3/t16-/m0/s1. The van der Waals surface area contributed by atoms with Gasteiger partial charge in [-0.05, 0) is 56.1 Å². The summed E-state index contributed by atoms with van der Waals surface area (Å²) in [6, 6.07) is 11.3. The molecule has 0 N–H and O–H groups in total. The largest absolute Gasteiger partial charge is 0.377 e. The summed E-state index contributed by atoms with van der Waals surface area (Å²) in [5, 5.41) is 2.19. The van der Waals surface area contributed by atoms with Crippen LogP contribution in [0.2, 0.25) is 0 Å². The Morgan fingerprint density at radius 3 is 2.30 bits per heavy atom. The summed E-state index contributed by atoms with van der Waals surface area (Å²) in [6.45, 7) is 2.21. The highest BCUT2D eigenvalue weighted by Crippen LogP contribution is 2.32. The smallest absolute Gasteiger partial charge is 0.0479 e. The normalized spacial score (nSPS) is 12.7. The van der Waals surface area contributed by atoms with Gasteiger partial charge in [0.25, 0.3) is 0 Å². The first-order valence-electron chi connectivity index (χ1n) is 6.96. The van der Waals surface area contributed by atoms with Crippen molar-refractivity contribution in [3.8, 4) is 0 Å². The van der Waals surface area contributed by atoms with Crippen molar-refractivity contribution in [2.24, 2.45) is 0 Å². The molecule has 0 unspecified atom stereocenters. The molecule has 1 aromatic heterocycles. The lowest BCUT2D eigenvalue weighted by Crippen LogP contribution is -2.23. The molecule has 0 saturated carbocycles. The molecule has 1 atom stereocenters. The molecule has 1 heterocycles. The average Bonchev–Trinajstić information content (AvgIpc) is 2.82.